The van der Waals surface area contributed by atoms with E-state index in [1.165, 1.54) is 0 Å². The number of hydrogen-bond acceptors (Lipinski definition) is 2. The Hall–Kier alpha value is -0.860. The number of hydrogen-bond donors (Lipinski definition) is 0. The van der Waals surface area contributed by atoms with Crippen molar-refractivity contribution in [2.45, 2.75) is 58.7 Å². The molecule has 0 aliphatic rings. The molecule has 0 aromatic rings. The minimum atomic E-state index is -0.513. The number of rotatable bonds is 13. The van der Waals surface area contributed by atoms with Gasteiger partial charge in [0.25, 0.3) is 0 Å². The largest absolute Gasteiger partial charge is 0.350 e. The molecule has 2 nitrogen and oxygen atoms in total. The first kappa shape index (κ1) is 19.1. The molecule has 0 amide bonds. The van der Waals surface area contributed by atoms with Gasteiger partial charge in [-0.1, -0.05) is 24.6 Å². The van der Waals surface area contributed by atoms with Gasteiger partial charge in [0.15, 0.2) is 5.79 Å². The van der Waals surface area contributed by atoms with Crippen LogP contribution in [-0.4, -0.2) is 19.0 Å². The summed E-state index contributed by atoms with van der Waals surface area (Å²) >= 11 is 0. The maximum Gasteiger partial charge on any atom is 0.165 e. The Morgan fingerprint density at radius 3 is 2.45 bits per heavy atom. The third-order valence-electron chi connectivity index (χ3n) is 3.35. The second-order valence-electron chi connectivity index (χ2n) is 5.72. The van der Waals surface area contributed by atoms with Gasteiger partial charge in [0.2, 0.25) is 0 Å². The van der Waals surface area contributed by atoms with Crippen molar-refractivity contribution in [2.24, 2.45) is 5.92 Å². The first-order valence-corrected chi connectivity index (χ1v) is 7.59. The first-order valence-electron chi connectivity index (χ1n) is 7.59. The predicted octanol–water partition coefficient (Wildman–Crippen LogP) is 5.27. The normalized spacial score (nSPS) is 15.3. The molecule has 0 heterocycles. The number of allylic oxidation sites excluding steroid dienone is 3. The van der Waals surface area contributed by atoms with Gasteiger partial charge in [-0.3, -0.25) is 0 Å². The molecule has 20 heavy (non-hydrogen) atoms. The van der Waals surface area contributed by atoms with Crippen molar-refractivity contribution in [1.82, 2.24) is 0 Å². The number of ether oxygens (including phenoxy) is 2. The summed E-state index contributed by atoms with van der Waals surface area (Å²) in [6.45, 7) is 19.1. The molecule has 2 unspecified atom stereocenters. The topological polar surface area (TPSA) is 18.5 Å². The molecule has 116 valence electrons. The molecule has 0 saturated heterocycles. The predicted molar refractivity (Wildman–Crippen MR) is 87.8 cm³/mol. The second-order valence-corrected chi connectivity index (χ2v) is 5.72. The number of unbranched alkanes of at least 4 members (excludes halogenated alkanes) is 1. The Bertz CT molecular complexity index is 296. The summed E-state index contributed by atoms with van der Waals surface area (Å²) in [6.07, 6.45) is 8.58. The van der Waals surface area contributed by atoms with E-state index in [1.807, 2.05) is 26.0 Å². The highest BCUT2D eigenvalue weighted by atomic mass is 16.7. The van der Waals surface area contributed by atoms with Gasteiger partial charge in [-0.05, 0) is 45.4 Å². The fourth-order valence-electron chi connectivity index (χ4n) is 1.72. The Kier molecular flexibility index (Phi) is 10.4. The first-order chi connectivity index (χ1) is 9.43. The van der Waals surface area contributed by atoms with E-state index in [0.717, 1.165) is 37.7 Å². The van der Waals surface area contributed by atoms with Crippen LogP contribution in [0.5, 0.6) is 0 Å². The molecule has 0 spiro atoms. The Morgan fingerprint density at radius 1 is 1.25 bits per heavy atom. The quantitative estimate of drug-likeness (QED) is 0.260. The van der Waals surface area contributed by atoms with Gasteiger partial charge in [-0.15, -0.1) is 19.7 Å². The fraction of sp³-hybridized carbons (Fsp3) is 0.667. The van der Waals surface area contributed by atoms with E-state index in [0.29, 0.717) is 19.1 Å². The van der Waals surface area contributed by atoms with E-state index < -0.39 is 5.79 Å². The van der Waals surface area contributed by atoms with Gasteiger partial charge in [0, 0.05) is 6.42 Å². The summed E-state index contributed by atoms with van der Waals surface area (Å²) in [5.41, 5.74) is 1.16. The van der Waals surface area contributed by atoms with Crippen LogP contribution < -0.4 is 0 Å². The van der Waals surface area contributed by atoms with Crippen LogP contribution in [0, 0.1) is 5.92 Å². The van der Waals surface area contributed by atoms with Crippen LogP contribution in [0.25, 0.3) is 0 Å². The molecule has 0 aliphatic carbocycles. The lowest BCUT2D eigenvalue weighted by Gasteiger charge is -2.31. The lowest BCUT2D eigenvalue weighted by atomic mass is 10.1. The van der Waals surface area contributed by atoms with E-state index in [4.69, 9.17) is 9.47 Å². The van der Waals surface area contributed by atoms with Gasteiger partial charge >= 0.3 is 0 Å². The maximum atomic E-state index is 6.00. The van der Waals surface area contributed by atoms with E-state index >= 15 is 0 Å². The van der Waals surface area contributed by atoms with Crippen molar-refractivity contribution in [2.75, 3.05) is 13.2 Å². The van der Waals surface area contributed by atoms with Crippen LogP contribution >= 0.6 is 0 Å². The summed E-state index contributed by atoms with van der Waals surface area (Å²) in [4.78, 5) is 0. The molecular weight excluding hydrogens is 248 g/mol. The highest BCUT2D eigenvalue weighted by Gasteiger charge is 2.25. The van der Waals surface area contributed by atoms with Crippen LogP contribution in [-0.2, 0) is 9.47 Å². The van der Waals surface area contributed by atoms with Gasteiger partial charge in [0.05, 0.1) is 13.2 Å². The van der Waals surface area contributed by atoms with Crippen molar-refractivity contribution in [1.29, 1.82) is 0 Å². The average Bonchev–Trinajstić information content (AvgIpc) is 2.41. The fourth-order valence-corrected chi connectivity index (χ4v) is 1.72. The van der Waals surface area contributed by atoms with E-state index in [2.05, 4.69) is 26.7 Å². The van der Waals surface area contributed by atoms with Gasteiger partial charge in [0.1, 0.15) is 0 Å². The molecule has 0 rings (SSSR count). The lowest BCUT2D eigenvalue weighted by molar-refractivity contribution is -0.230. The SMILES string of the molecule is C=CCCCOC(C)(CCC(=C)C)OCCC(C)C=C. The molecular formula is C18H32O2. The summed E-state index contributed by atoms with van der Waals surface area (Å²) in [5, 5.41) is 0. The zero-order valence-corrected chi connectivity index (χ0v) is 13.6. The van der Waals surface area contributed by atoms with Crippen molar-refractivity contribution < 1.29 is 9.47 Å². The minimum Gasteiger partial charge on any atom is -0.350 e. The summed E-state index contributed by atoms with van der Waals surface area (Å²) < 4.78 is 12.0. The smallest absolute Gasteiger partial charge is 0.165 e. The monoisotopic (exact) mass is 280 g/mol. The molecule has 0 aromatic carbocycles. The molecule has 0 radical (unpaired) electrons. The highest BCUT2D eigenvalue weighted by Crippen LogP contribution is 2.23. The highest BCUT2D eigenvalue weighted by molar-refractivity contribution is 4.89. The summed E-state index contributed by atoms with van der Waals surface area (Å²) in [7, 11) is 0. The van der Waals surface area contributed by atoms with Crippen LogP contribution in [0.1, 0.15) is 52.9 Å². The van der Waals surface area contributed by atoms with Gasteiger partial charge < -0.3 is 9.47 Å². The Morgan fingerprint density at radius 2 is 1.90 bits per heavy atom. The van der Waals surface area contributed by atoms with Crippen molar-refractivity contribution in [3.8, 4) is 0 Å². The second kappa shape index (κ2) is 10.9. The zero-order valence-electron chi connectivity index (χ0n) is 13.6. The summed E-state index contributed by atoms with van der Waals surface area (Å²) in [5.74, 6) is -0.0396. The van der Waals surface area contributed by atoms with Gasteiger partial charge in [-0.2, -0.15) is 0 Å². The van der Waals surface area contributed by atoms with Gasteiger partial charge in [-0.25, -0.2) is 0 Å². The van der Waals surface area contributed by atoms with E-state index in [1.54, 1.807) is 0 Å². The van der Waals surface area contributed by atoms with Crippen molar-refractivity contribution in [3.05, 3.63) is 37.5 Å². The van der Waals surface area contributed by atoms with Crippen LogP contribution in [0.15, 0.2) is 37.5 Å². The zero-order chi connectivity index (χ0) is 15.4. The molecule has 0 aromatic heterocycles. The van der Waals surface area contributed by atoms with Crippen LogP contribution in [0.2, 0.25) is 0 Å². The average molecular weight is 280 g/mol. The van der Waals surface area contributed by atoms with Crippen LogP contribution in [0.3, 0.4) is 0 Å². The minimum absolute atomic E-state index is 0.473. The molecule has 0 bridgehead atoms. The summed E-state index contributed by atoms with van der Waals surface area (Å²) in [6, 6.07) is 0. The molecule has 0 fully saturated rings. The van der Waals surface area contributed by atoms with Crippen LogP contribution in [0.4, 0.5) is 0 Å². The Labute approximate surface area is 125 Å². The van der Waals surface area contributed by atoms with E-state index in [-0.39, 0.29) is 0 Å². The molecule has 2 heteroatoms. The Balaban J connectivity index is 4.24. The molecule has 0 aliphatic heterocycles. The standard InChI is InChI=1S/C18H32O2/c1-7-9-10-14-19-18(6,13-11-16(3)4)20-15-12-17(5)8-2/h7-8,17H,1-3,9-15H2,4-6H3. The van der Waals surface area contributed by atoms with E-state index in [9.17, 15) is 0 Å². The molecule has 0 N–H and O–H groups in total. The van der Waals surface area contributed by atoms with Crippen molar-refractivity contribution in [3.63, 3.8) is 0 Å². The molecule has 2 atom stereocenters. The lowest BCUT2D eigenvalue weighted by Crippen LogP contribution is -2.33. The molecule has 0 saturated carbocycles. The third-order valence-corrected chi connectivity index (χ3v) is 3.35. The maximum absolute atomic E-state index is 6.00. The van der Waals surface area contributed by atoms with Crippen molar-refractivity contribution >= 4 is 0 Å². The third kappa shape index (κ3) is 9.99.